The summed E-state index contributed by atoms with van der Waals surface area (Å²) in [6, 6.07) is 4.67. The highest BCUT2D eigenvalue weighted by Crippen LogP contribution is 2.24. The smallest absolute Gasteiger partial charge is 0.183 e. The van der Waals surface area contributed by atoms with Crippen LogP contribution in [0.25, 0.3) is 0 Å². The van der Waals surface area contributed by atoms with E-state index < -0.39 is 6.29 Å². The van der Waals surface area contributed by atoms with Crippen molar-refractivity contribution < 1.29 is 19.4 Å². The summed E-state index contributed by atoms with van der Waals surface area (Å²) in [6.45, 7) is 1.40. The minimum absolute atomic E-state index is 0.0304. The Balaban J connectivity index is 3.11. The molecule has 0 radical (unpaired) electrons. The van der Waals surface area contributed by atoms with Crippen LogP contribution >= 0.6 is 0 Å². The van der Waals surface area contributed by atoms with Gasteiger partial charge in [0.05, 0.1) is 5.56 Å². The zero-order valence-electron chi connectivity index (χ0n) is 8.98. The molecule has 0 saturated carbocycles. The van der Waals surface area contributed by atoms with Gasteiger partial charge < -0.3 is 14.6 Å². The van der Waals surface area contributed by atoms with Crippen LogP contribution < -0.4 is 0 Å². The number of hydrogen-bond acceptors (Lipinski definition) is 4. The Bertz CT molecular complexity index is 356. The summed E-state index contributed by atoms with van der Waals surface area (Å²) in [5.74, 6) is -0.225. The molecule has 82 valence electrons. The van der Waals surface area contributed by atoms with Crippen LogP contribution in [0, 0.1) is 0 Å². The molecule has 0 fully saturated rings. The molecule has 0 aromatic heterocycles. The third-order valence-electron chi connectivity index (χ3n) is 2.10. The second kappa shape index (κ2) is 4.91. The number of Topliss-reactive ketones (excluding diaryl/α,β-unsaturated/α-hetero) is 1. The van der Waals surface area contributed by atoms with Gasteiger partial charge in [-0.05, 0) is 19.1 Å². The monoisotopic (exact) mass is 210 g/mol. The minimum atomic E-state index is -0.524. The Hall–Kier alpha value is -1.39. The molecular formula is C11H14O4. The third-order valence-corrected chi connectivity index (χ3v) is 2.10. The van der Waals surface area contributed by atoms with Crippen molar-refractivity contribution in [3.63, 3.8) is 0 Å². The highest BCUT2D eigenvalue weighted by Gasteiger charge is 2.13. The topological polar surface area (TPSA) is 55.8 Å². The first-order valence-corrected chi connectivity index (χ1v) is 4.49. The van der Waals surface area contributed by atoms with Crippen molar-refractivity contribution in [3.8, 4) is 5.75 Å². The fourth-order valence-corrected chi connectivity index (χ4v) is 1.35. The predicted molar refractivity (Wildman–Crippen MR) is 54.9 cm³/mol. The van der Waals surface area contributed by atoms with Crippen LogP contribution in [0.1, 0.15) is 29.1 Å². The van der Waals surface area contributed by atoms with Crippen LogP contribution in [0.2, 0.25) is 0 Å². The third kappa shape index (κ3) is 2.55. The maximum absolute atomic E-state index is 11.2. The molecule has 0 atom stereocenters. The van der Waals surface area contributed by atoms with E-state index in [9.17, 15) is 9.90 Å². The zero-order valence-corrected chi connectivity index (χ0v) is 8.98. The van der Waals surface area contributed by atoms with Gasteiger partial charge in [0.1, 0.15) is 5.75 Å². The molecular weight excluding hydrogens is 196 g/mol. The lowest BCUT2D eigenvalue weighted by Crippen LogP contribution is -2.05. The molecule has 0 amide bonds. The van der Waals surface area contributed by atoms with Crippen LogP contribution in [0.4, 0.5) is 0 Å². The van der Waals surface area contributed by atoms with Crippen molar-refractivity contribution >= 4 is 5.78 Å². The van der Waals surface area contributed by atoms with E-state index >= 15 is 0 Å². The molecule has 0 saturated heterocycles. The van der Waals surface area contributed by atoms with E-state index in [4.69, 9.17) is 9.47 Å². The van der Waals surface area contributed by atoms with Crippen molar-refractivity contribution in [2.45, 2.75) is 13.2 Å². The molecule has 0 aliphatic heterocycles. The Morgan fingerprint density at radius 2 is 1.93 bits per heavy atom. The summed E-state index contributed by atoms with van der Waals surface area (Å²) in [6.07, 6.45) is -0.524. The van der Waals surface area contributed by atoms with Gasteiger partial charge >= 0.3 is 0 Å². The van der Waals surface area contributed by atoms with E-state index in [1.54, 1.807) is 12.1 Å². The lowest BCUT2D eigenvalue weighted by molar-refractivity contribution is -0.106. The van der Waals surface area contributed by atoms with Gasteiger partial charge in [0.25, 0.3) is 0 Å². The van der Waals surface area contributed by atoms with Crippen molar-refractivity contribution in [3.05, 3.63) is 29.3 Å². The average Bonchev–Trinajstić information content (AvgIpc) is 2.21. The lowest BCUT2D eigenvalue weighted by Gasteiger charge is -2.14. The molecule has 0 aliphatic rings. The van der Waals surface area contributed by atoms with E-state index in [0.29, 0.717) is 5.56 Å². The number of carbonyl (C=O) groups excluding carboxylic acids is 1. The summed E-state index contributed by atoms with van der Waals surface area (Å²) >= 11 is 0. The number of benzene rings is 1. The van der Waals surface area contributed by atoms with E-state index in [0.717, 1.165) is 0 Å². The van der Waals surface area contributed by atoms with Gasteiger partial charge in [-0.1, -0.05) is 6.07 Å². The summed E-state index contributed by atoms with van der Waals surface area (Å²) in [5, 5.41) is 9.43. The summed E-state index contributed by atoms with van der Waals surface area (Å²) < 4.78 is 10.1. The molecule has 0 unspecified atom stereocenters. The van der Waals surface area contributed by atoms with Crippen LogP contribution in [0.15, 0.2) is 18.2 Å². The molecule has 0 heterocycles. The van der Waals surface area contributed by atoms with Gasteiger partial charge in [-0.2, -0.15) is 0 Å². The van der Waals surface area contributed by atoms with Crippen molar-refractivity contribution in [2.75, 3.05) is 14.2 Å². The van der Waals surface area contributed by atoms with Crippen LogP contribution in [-0.4, -0.2) is 25.1 Å². The van der Waals surface area contributed by atoms with Crippen molar-refractivity contribution in [1.29, 1.82) is 0 Å². The Morgan fingerprint density at radius 1 is 1.33 bits per heavy atom. The number of ketones is 1. The number of ether oxygens (including phenoxy) is 2. The van der Waals surface area contributed by atoms with Gasteiger partial charge in [0.2, 0.25) is 0 Å². The first-order valence-electron chi connectivity index (χ1n) is 4.49. The van der Waals surface area contributed by atoms with Crippen LogP contribution in [-0.2, 0) is 9.47 Å². The zero-order chi connectivity index (χ0) is 11.4. The number of carbonyl (C=O) groups is 1. The molecule has 15 heavy (non-hydrogen) atoms. The molecule has 0 spiro atoms. The van der Waals surface area contributed by atoms with Gasteiger partial charge in [0, 0.05) is 19.8 Å². The molecule has 4 nitrogen and oxygen atoms in total. The first-order chi connectivity index (χ1) is 7.10. The van der Waals surface area contributed by atoms with E-state index in [1.165, 1.54) is 27.2 Å². The lowest BCUT2D eigenvalue weighted by atomic mass is 10.1. The molecule has 0 bridgehead atoms. The number of phenolic OH excluding ortho intramolecular Hbond substituents is 1. The Morgan fingerprint density at radius 3 is 2.40 bits per heavy atom. The summed E-state index contributed by atoms with van der Waals surface area (Å²) in [7, 11) is 3.02. The number of methoxy groups -OCH3 is 2. The molecule has 0 aliphatic carbocycles. The summed E-state index contributed by atoms with van der Waals surface area (Å²) in [4.78, 5) is 11.2. The van der Waals surface area contributed by atoms with Gasteiger partial charge in [0.15, 0.2) is 12.1 Å². The van der Waals surface area contributed by atoms with Gasteiger partial charge in [-0.15, -0.1) is 0 Å². The number of aromatic hydroxyl groups is 1. The molecule has 1 rings (SSSR count). The number of phenols is 1. The Labute approximate surface area is 88.4 Å². The first kappa shape index (κ1) is 11.7. The second-order valence-corrected chi connectivity index (χ2v) is 3.14. The molecule has 1 aromatic rings. The number of rotatable bonds is 4. The standard InChI is InChI=1S/C11H14O4/c1-7(12)9-6-8(4-5-10(9)13)11(14-2)15-3/h4-6,11,13H,1-3H3. The SMILES string of the molecule is COC(OC)c1ccc(O)c(C(C)=O)c1. The highest BCUT2D eigenvalue weighted by molar-refractivity contribution is 5.96. The second-order valence-electron chi connectivity index (χ2n) is 3.14. The van der Waals surface area contributed by atoms with Gasteiger partial charge in [-0.25, -0.2) is 0 Å². The van der Waals surface area contributed by atoms with Crippen LogP contribution in [0.5, 0.6) is 5.75 Å². The van der Waals surface area contributed by atoms with Crippen LogP contribution in [0.3, 0.4) is 0 Å². The van der Waals surface area contributed by atoms with E-state index in [2.05, 4.69) is 0 Å². The van der Waals surface area contributed by atoms with Crippen molar-refractivity contribution in [1.82, 2.24) is 0 Å². The maximum atomic E-state index is 11.2. The summed E-state index contributed by atoms with van der Waals surface area (Å²) in [5.41, 5.74) is 0.967. The predicted octanol–water partition coefficient (Wildman–Crippen LogP) is 1.89. The van der Waals surface area contributed by atoms with E-state index in [1.807, 2.05) is 0 Å². The Kier molecular flexibility index (Phi) is 3.82. The fraction of sp³-hybridized carbons (Fsp3) is 0.364. The maximum Gasteiger partial charge on any atom is 0.183 e. The quantitative estimate of drug-likeness (QED) is 0.609. The normalized spacial score (nSPS) is 10.7. The number of hydrogen-bond donors (Lipinski definition) is 1. The molecule has 4 heteroatoms. The largest absolute Gasteiger partial charge is 0.507 e. The fourth-order valence-electron chi connectivity index (χ4n) is 1.35. The highest BCUT2D eigenvalue weighted by atomic mass is 16.7. The minimum Gasteiger partial charge on any atom is -0.507 e. The molecule has 1 aromatic carbocycles. The van der Waals surface area contributed by atoms with Crippen molar-refractivity contribution in [2.24, 2.45) is 0 Å². The van der Waals surface area contributed by atoms with Gasteiger partial charge in [-0.3, -0.25) is 4.79 Å². The molecule has 1 N–H and O–H groups in total. The van der Waals surface area contributed by atoms with E-state index in [-0.39, 0.29) is 17.1 Å². The average molecular weight is 210 g/mol.